The van der Waals surface area contributed by atoms with E-state index >= 15 is 0 Å². The van der Waals surface area contributed by atoms with Crippen LogP contribution < -0.4 is 0 Å². The molecule has 1 aromatic heterocycles. The molecule has 0 N–H and O–H groups in total. The van der Waals surface area contributed by atoms with Crippen LogP contribution in [0.5, 0.6) is 0 Å². The third-order valence-electron chi connectivity index (χ3n) is 4.58. The molecule has 17 heavy (non-hydrogen) atoms. The molecule has 4 rings (SSSR count). The highest BCUT2D eigenvalue weighted by atomic mass is 15.2. The lowest BCUT2D eigenvalue weighted by Crippen LogP contribution is -2.26. The van der Waals surface area contributed by atoms with Gasteiger partial charge in [0.2, 0.25) is 0 Å². The van der Waals surface area contributed by atoms with E-state index in [0.717, 1.165) is 0 Å². The summed E-state index contributed by atoms with van der Waals surface area (Å²) in [6.45, 7) is 3.76. The number of nitrogens with zero attached hydrogens (tertiary/aromatic N) is 2. The normalized spacial score (nSPS) is 28.3. The average molecular weight is 226 g/mol. The van der Waals surface area contributed by atoms with E-state index in [9.17, 15) is 0 Å². The molecule has 88 valence electrons. The van der Waals surface area contributed by atoms with Crippen LogP contribution in [-0.2, 0) is 13.0 Å². The van der Waals surface area contributed by atoms with E-state index in [2.05, 4.69) is 46.8 Å². The highest BCUT2D eigenvalue weighted by molar-refractivity contribution is 5.81. The van der Waals surface area contributed by atoms with E-state index in [0.29, 0.717) is 5.41 Å². The van der Waals surface area contributed by atoms with E-state index in [1.165, 1.54) is 43.4 Å². The smallest absolute Gasteiger partial charge is 0.0482 e. The molecule has 0 aliphatic carbocycles. The molecule has 2 aliphatic rings. The molecule has 2 aromatic rings. The Kier molecular flexibility index (Phi) is 1.79. The number of likely N-dealkylation sites (tertiary alicyclic amines) is 1. The second-order valence-electron chi connectivity index (χ2n) is 5.95. The summed E-state index contributed by atoms with van der Waals surface area (Å²) in [5.74, 6) is 0. The molecular weight excluding hydrogens is 208 g/mol. The van der Waals surface area contributed by atoms with Crippen molar-refractivity contribution < 1.29 is 0 Å². The second-order valence-corrected chi connectivity index (χ2v) is 5.95. The largest absolute Gasteiger partial charge is 0.344 e. The van der Waals surface area contributed by atoms with Crippen LogP contribution in [0.25, 0.3) is 10.9 Å². The molecule has 0 bridgehead atoms. The minimum Gasteiger partial charge on any atom is -0.344 e. The summed E-state index contributed by atoms with van der Waals surface area (Å²) < 4.78 is 2.55. The van der Waals surface area contributed by atoms with E-state index < -0.39 is 0 Å². The molecule has 1 atom stereocenters. The molecule has 0 amide bonds. The first-order valence-corrected chi connectivity index (χ1v) is 6.52. The van der Waals surface area contributed by atoms with E-state index in [1.807, 2.05) is 0 Å². The van der Waals surface area contributed by atoms with Gasteiger partial charge in [-0.1, -0.05) is 18.2 Å². The maximum absolute atomic E-state index is 2.55. The van der Waals surface area contributed by atoms with Gasteiger partial charge in [-0.2, -0.15) is 0 Å². The van der Waals surface area contributed by atoms with Crippen molar-refractivity contribution in [2.45, 2.75) is 19.4 Å². The SMILES string of the molecule is CN1CCC2(Cc3cc4ccccc4n3C2)C1. The van der Waals surface area contributed by atoms with Crippen LogP contribution in [0.1, 0.15) is 12.1 Å². The molecule has 0 radical (unpaired) electrons. The number of aromatic nitrogens is 1. The number of rotatable bonds is 0. The van der Waals surface area contributed by atoms with Crippen molar-refractivity contribution in [1.82, 2.24) is 9.47 Å². The van der Waals surface area contributed by atoms with Crippen molar-refractivity contribution in [3.05, 3.63) is 36.0 Å². The number of para-hydroxylation sites is 1. The zero-order chi connectivity index (χ0) is 11.5. The fourth-order valence-electron chi connectivity index (χ4n) is 3.81. The lowest BCUT2D eigenvalue weighted by Gasteiger charge is -2.22. The maximum atomic E-state index is 2.55. The monoisotopic (exact) mass is 226 g/mol. The van der Waals surface area contributed by atoms with Crippen molar-refractivity contribution >= 4 is 10.9 Å². The fraction of sp³-hybridized carbons (Fsp3) is 0.467. The average Bonchev–Trinajstić information content (AvgIpc) is 2.93. The number of hydrogen-bond acceptors (Lipinski definition) is 1. The Morgan fingerprint density at radius 3 is 2.88 bits per heavy atom. The Balaban J connectivity index is 1.79. The zero-order valence-corrected chi connectivity index (χ0v) is 10.3. The maximum Gasteiger partial charge on any atom is 0.0482 e. The molecule has 1 aromatic carbocycles. The first kappa shape index (κ1) is 9.72. The van der Waals surface area contributed by atoms with Crippen LogP contribution in [0, 0.1) is 5.41 Å². The van der Waals surface area contributed by atoms with Gasteiger partial charge in [-0.05, 0) is 44.0 Å². The lowest BCUT2D eigenvalue weighted by molar-refractivity contribution is 0.278. The number of hydrogen-bond donors (Lipinski definition) is 0. The number of fused-ring (bicyclic) bond motifs is 3. The zero-order valence-electron chi connectivity index (χ0n) is 10.3. The number of benzene rings is 1. The van der Waals surface area contributed by atoms with Gasteiger partial charge in [-0.15, -0.1) is 0 Å². The molecule has 1 spiro atoms. The van der Waals surface area contributed by atoms with E-state index in [4.69, 9.17) is 0 Å². The molecule has 2 aliphatic heterocycles. The Bertz CT molecular complexity index is 584. The summed E-state index contributed by atoms with van der Waals surface area (Å²) in [7, 11) is 2.25. The second kappa shape index (κ2) is 3.14. The standard InChI is InChI=1S/C15H18N2/c1-16-7-6-15(10-16)9-13-8-12-4-2-3-5-14(12)17(13)11-15/h2-5,8H,6-7,9-11H2,1H3. The molecule has 2 heteroatoms. The Hall–Kier alpha value is -1.28. The van der Waals surface area contributed by atoms with Crippen molar-refractivity contribution in [1.29, 1.82) is 0 Å². The molecule has 1 saturated heterocycles. The Morgan fingerprint density at radius 1 is 1.18 bits per heavy atom. The lowest BCUT2D eigenvalue weighted by atomic mass is 9.85. The highest BCUT2D eigenvalue weighted by Gasteiger charge is 2.42. The van der Waals surface area contributed by atoms with Gasteiger partial charge >= 0.3 is 0 Å². The summed E-state index contributed by atoms with van der Waals surface area (Å²) in [5.41, 5.74) is 3.50. The van der Waals surface area contributed by atoms with Crippen molar-refractivity contribution in [3.8, 4) is 0 Å². The van der Waals surface area contributed by atoms with Crippen LogP contribution in [0.2, 0.25) is 0 Å². The van der Waals surface area contributed by atoms with Gasteiger partial charge in [-0.25, -0.2) is 0 Å². The highest BCUT2D eigenvalue weighted by Crippen LogP contribution is 2.42. The molecule has 3 heterocycles. The van der Waals surface area contributed by atoms with Crippen LogP contribution in [-0.4, -0.2) is 29.6 Å². The van der Waals surface area contributed by atoms with Crippen molar-refractivity contribution in [3.63, 3.8) is 0 Å². The Labute approximate surface area is 102 Å². The van der Waals surface area contributed by atoms with Crippen LogP contribution >= 0.6 is 0 Å². The first-order valence-electron chi connectivity index (χ1n) is 6.52. The van der Waals surface area contributed by atoms with Gasteiger partial charge in [0.25, 0.3) is 0 Å². The predicted molar refractivity (Wildman–Crippen MR) is 70.2 cm³/mol. The van der Waals surface area contributed by atoms with Crippen LogP contribution in [0.4, 0.5) is 0 Å². The van der Waals surface area contributed by atoms with Gasteiger partial charge in [0.15, 0.2) is 0 Å². The minimum absolute atomic E-state index is 0.536. The van der Waals surface area contributed by atoms with E-state index in [-0.39, 0.29) is 0 Å². The first-order chi connectivity index (χ1) is 8.26. The fourth-order valence-corrected chi connectivity index (χ4v) is 3.81. The third-order valence-corrected chi connectivity index (χ3v) is 4.58. The summed E-state index contributed by atoms with van der Waals surface area (Å²) in [4.78, 5) is 2.48. The van der Waals surface area contributed by atoms with Gasteiger partial charge < -0.3 is 9.47 Å². The third kappa shape index (κ3) is 1.31. The van der Waals surface area contributed by atoms with Crippen molar-refractivity contribution in [2.24, 2.45) is 5.41 Å². The summed E-state index contributed by atoms with van der Waals surface area (Å²) in [6, 6.07) is 11.2. The van der Waals surface area contributed by atoms with Crippen LogP contribution in [0.3, 0.4) is 0 Å². The quantitative estimate of drug-likeness (QED) is 0.670. The molecule has 0 saturated carbocycles. The summed E-state index contributed by atoms with van der Waals surface area (Å²) in [5, 5.41) is 1.41. The van der Waals surface area contributed by atoms with Crippen molar-refractivity contribution in [2.75, 3.05) is 20.1 Å². The van der Waals surface area contributed by atoms with Crippen LogP contribution in [0.15, 0.2) is 30.3 Å². The summed E-state index contributed by atoms with van der Waals surface area (Å²) in [6.07, 6.45) is 2.63. The van der Waals surface area contributed by atoms with E-state index in [1.54, 1.807) is 5.69 Å². The molecular formula is C15H18N2. The minimum atomic E-state index is 0.536. The van der Waals surface area contributed by atoms with Gasteiger partial charge in [0, 0.05) is 29.7 Å². The summed E-state index contributed by atoms with van der Waals surface area (Å²) >= 11 is 0. The predicted octanol–water partition coefficient (Wildman–Crippen LogP) is 2.52. The molecule has 1 fully saturated rings. The van der Waals surface area contributed by atoms with Gasteiger partial charge in [0.05, 0.1) is 0 Å². The Morgan fingerprint density at radius 2 is 2.06 bits per heavy atom. The topological polar surface area (TPSA) is 8.17 Å². The van der Waals surface area contributed by atoms with Gasteiger partial charge in [0.1, 0.15) is 0 Å². The molecule has 1 unspecified atom stereocenters. The molecule has 2 nitrogen and oxygen atoms in total. The van der Waals surface area contributed by atoms with Gasteiger partial charge in [-0.3, -0.25) is 0 Å².